The Kier molecular flexibility index (Phi) is 4.52. The number of esters is 1. The van der Waals surface area contributed by atoms with Crippen molar-refractivity contribution in [3.8, 4) is 0 Å². The summed E-state index contributed by atoms with van der Waals surface area (Å²) in [6.07, 6.45) is -0.0576. The molecule has 8 heteroatoms. The van der Waals surface area contributed by atoms with E-state index >= 15 is 0 Å². The molecule has 0 fully saturated rings. The highest BCUT2D eigenvalue weighted by molar-refractivity contribution is 5.97. The molecular weight excluding hydrogens is 286 g/mol. The number of methoxy groups -OCH3 is 1. The Morgan fingerprint density at radius 2 is 2.05 bits per heavy atom. The van der Waals surface area contributed by atoms with E-state index in [1.165, 1.54) is 7.11 Å². The molecule has 0 saturated heterocycles. The standard InChI is InChI=1S/C14H17N5O3/c1-14(15,9-6-4-3-5-7-9)12(21)17-13-16-10(18-19-13)8-11(20)22-2/h3-7H,8,15H2,1-2H3,(H2,16,17,18,19,21). The lowest BCUT2D eigenvalue weighted by Crippen LogP contribution is -2.45. The van der Waals surface area contributed by atoms with E-state index in [-0.39, 0.29) is 12.4 Å². The second kappa shape index (κ2) is 6.35. The summed E-state index contributed by atoms with van der Waals surface area (Å²) in [4.78, 5) is 27.4. The maximum atomic E-state index is 12.3. The van der Waals surface area contributed by atoms with Gasteiger partial charge in [0.1, 0.15) is 17.8 Å². The van der Waals surface area contributed by atoms with Crippen LogP contribution in [0, 0.1) is 0 Å². The van der Waals surface area contributed by atoms with Gasteiger partial charge >= 0.3 is 5.97 Å². The topological polar surface area (TPSA) is 123 Å². The molecular formula is C14H17N5O3. The van der Waals surface area contributed by atoms with Crippen LogP contribution < -0.4 is 11.1 Å². The Morgan fingerprint density at radius 1 is 1.36 bits per heavy atom. The number of H-pyrrole nitrogens is 1. The Bertz CT molecular complexity index is 666. The first-order chi connectivity index (χ1) is 10.4. The van der Waals surface area contributed by atoms with Crippen molar-refractivity contribution < 1.29 is 14.3 Å². The number of ether oxygens (including phenoxy) is 1. The molecule has 1 amide bonds. The third kappa shape index (κ3) is 3.47. The molecule has 2 rings (SSSR count). The van der Waals surface area contributed by atoms with Crippen molar-refractivity contribution in [3.63, 3.8) is 0 Å². The molecule has 0 spiro atoms. The first kappa shape index (κ1) is 15.6. The van der Waals surface area contributed by atoms with Gasteiger partial charge in [-0.25, -0.2) is 0 Å². The summed E-state index contributed by atoms with van der Waals surface area (Å²) >= 11 is 0. The number of aromatic nitrogens is 3. The number of carbonyl (C=O) groups excluding carboxylic acids is 2. The summed E-state index contributed by atoms with van der Waals surface area (Å²) in [5.41, 5.74) is 5.52. The molecule has 1 atom stereocenters. The van der Waals surface area contributed by atoms with Crippen molar-refractivity contribution in [2.24, 2.45) is 5.73 Å². The van der Waals surface area contributed by atoms with Crippen molar-refractivity contribution in [2.45, 2.75) is 18.9 Å². The minimum atomic E-state index is -1.23. The highest BCUT2D eigenvalue weighted by Gasteiger charge is 2.31. The van der Waals surface area contributed by atoms with Gasteiger partial charge in [-0.15, -0.1) is 5.10 Å². The number of carbonyl (C=O) groups is 2. The molecule has 2 aromatic rings. The summed E-state index contributed by atoms with van der Waals surface area (Å²) < 4.78 is 4.52. The summed E-state index contributed by atoms with van der Waals surface area (Å²) in [6.45, 7) is 1.60. The van der Waals surface area contributed by atoms with Gasteiger partial charge in [-0.1, -0.05) is 30.3 Å². The van der Waals surface area contributed by atoms with Gasteiger partial charge < -0.3 is 10.5 Å². The number of rotatable bonds is 5. The lowest BCUT2D eigenvalue weighted by atomic mass is 9.92. The minimum absolute atomic E-state index is 0.0523. The lowest BCUT2D eigenvalue weighted by Gasteiger charge is -2.23. The lowest BCUT2D eigenvalue weighted by molar-refractivity contribution is -0.139. The molecule has 0 aliphatic carbocycles. The van der Waals surface area contributed by atoms with E-state index in [1.54, 1.807) is 31.2 Å². The maximum Gasteiger partial charge on any atom is 0.313 e. The van der Waals surface area contributed by atoms with E-state index in [0.29, 0.717) is 11.4 Å². The van der Waals surface area contributed by atoms with Crippen LogP contribution in [0.1, 0.15) is 18.3 Å². The van der Waals surface area contributed by atoms with Crippen LogP contribution in [0.15, 0.2) is 30.3 Å². The predicted octanol–water partition coefficient (Wildman–Crippen LogP) is 0.333. The molecule has 0 radical (unpaired) electrons. The van der Waals surface area contributed by atoms with Crippen LogP contribution in [0.3, 0.4) is 0 Å². The minimum Gasteiger partial charge on any atom is -0.469 e. The zero-order valence-corrected chi connectivity index (χ0v) is 12.3. The first-order valence-corrected chi connectivity index (χ1v) is 6.57. The number of hydrogen-bond acceptors (Lipinski definition) is 6. The number of amides is 1. The number of nitrogens with one attached hydrogen (secondary N) is 2. The van der Waals surface area contributed by atoms with E-state index in [2.05, 4.69) is 25.2 Å². The molecule has 0 aliphatic heterocycles. The van der Waals surface area contributed by atoms with Crippen LogP contribution in [-0.2, 0) is 26.3 Å². The summed E-state index contributed by atoms with van der Waals surface area (Å²) in [7, 11) is 1.28. The van der Waals surface area contributed by atoms with E-state index in [1.807, 2.05) is 6.07 Å². The molecule has 116 valence electrons. The average molecular weight is 303 g/mol. The van der Waals surface area contributed by atoms with Crippen molar-refractivity contribution >= 4 is 17.8 Å². The molecule has 0 saturated carbocycles. The molecule has 1 heterocycles. The normalized spacial score (nSPS) is 13.2. The SMILES string of the molecule is COC(=O)Cc1nc(NC(=O)C(C)(N)c2ccccc2)n[nH]1. The highest BCUT2D eigenvalue weighted by atomic mass is 16.5. The molecule has 4 N–H and O–H groups in total. The van der Waals surface area contributed by atoms with Gasteiger partial charge in [-0.3, -0.25) is 20.0 Å². The van der Waals surface area contributed by atoms with Crippen molar-refractivity contribution in [1.29, 1.82) is 0 Å². The Morgan fingerprint density at radius 3 is 2.68 bits per heavy atom. The number of anilines is 1. The third-order valence-corrected chi connectivity index (χ3v) is 3.14. The molecule has 8 nitrogen and oxygen atoms in total. The van der Waals surface area contributed by atoms with Crippen LogP contribution in [0.5, 0.6) is 0 Å². The van der Waals surface area contributed by atoms with Crippen LogP contribution >= 0.6 is 0 Å². The second-order valence-electron chi connectivity index (χ2n) is 4.88. The smallest absolute Gasteiger partial charge is 0.313 e. The summed E-state index contributed by atoms with van der Waals surface area (Å²) in [6, 6.07) is 8.97. The van der Waals surface area contributed by atoms with Gasteiger partial charge in [0.25, 0.3) is 5.91 Å². The highest BCUT2D eigenvalue weighted by Crippen LogP contribution is 2.18. The molecule has 0 bridgehead atoms. The average Bonchev–Trinajstić information content (AvgIpc) is 2.95. The van der Waals surface area contributed by atoms with Crippen LogP contribution in [0.25, 0.3) is 0 Å². The first-order valence-electron chi connectivity index (χ1n) is 6.57. The third-order valence-electron chi connectivity index (χ3n) is 3.14. The molecule has 0 aliphatic rings. The van der Waals surface area contributed by atoms with Gasteiger partial charge in [0.2, 0.25) is 5.95 Å². The quantitative estimate of drug-likeness (QED) is 0.684. The van der Waals surface area contributed by atoms with Crippen LogP contribution in [-0.4, -0.2) is 34.2 Å². The van der Waals surface area contributed by atoms with Gasteiger partial charge in [0.05, 0.1) is 7.11 Å². The van der Waals surface area contributed by atoms with E-state index < -0.39 is 17.4 Å². The largest absolute Gasteiger partial charge is 0.469 e. The van der Waals surface area contributed by atoms with Crippen LogP contribution in [0.2, 0.25) is 0 Å². The number of benzene rings is 1. The van der Waals surface area contributed by atoms with Crippen molar-refractivity contribution in [3.05, 3.63) is 41.7 Å². The number of nitrogens with two attached hydrogens (primary N) is 1. The number of aromatic amines is 1. The van der Waals surface area contributed by atoms with Crippen molar-refractivity contribution in [2.75, 3.05) is 12.4 Å². The van der Waals surface area contributed by atoms with E-state index in [9.17, 15) is 9.59 Å². The number of hydrogen-bond donors (Lipinski definition) is 3. The fourth-order valence-corrected chi connectivity index (χ4v) is 1.79. The molecule has 1 unspecified atom stereocenters. The van der Waals surface area contributed by atoms with Gasteiger partial charge in [-0.05, 0) is 12.5 Å². The van der Waals surface area contributed by atoms with E-state index in [4.69, 9.17) is 5.73 Å². The summed E-state index contributed by atoms with van der Waals surface area (Å²) in [5, 5.41) is 8.89. The van der Waals surface area contributed by atoms with Crippen LogP contribution in [0.4, 0.5) is 5.95 Å². The molecule has 22 heavy (non-hydrogen) atoms. The molecule has 1 aromatic carbocycles. The zero-order chi connectivity index (χ0) is 16.2. The maximum absolute atomic E-state index is 12.3. The van der Waals surface area contributed by atoms with Gasteiger partial charge in [0.15, 0.2) is 0 Å². The fraction of sp³-hybridized carbons (Fsp3) is 0.286. The Balaban J connectivity index is 2.07. The number of nitrogens with zero attached hydrogens (tertiary/aromatic N) is 2. The summed E-state index contributed by atoms with van der Waals surface area (Å²) in [5.74, 6) is -0.568. The monoisotopic (exact) mass is 303 g/mol. The fourth-order valence-electron chi connectivity index (χ4n) is 1.79. The zero-order valence-electron chi connectivity index (χ0n) is 12.3. The Labute approximate surface area is 127 Å². The van der Waals surface area contributed by atoms with Crippen molar-refractivity contribution in [1.82, 2.24) is 15.2 Å². The van der Waals surface area contributed by atoms with E-state index in [0.717, 1.165) is 0 Å². The molecule has 1 aromatic heterocycles. The predicted molar refractivity (Wildman–Crippen MR) is 78.7 cm³/mol. The Hall–Kier alpha value is -2.74. The second-order valence-corrected chi connectivity index (χ2v) is 4.88. The van der Waals surface area contributed by atoms with Gasteiger partial charge in [-0.2, -0.15) is 4.98 Å². The van der Waals surface area contributed by atoms with Gasteiger partial charge in [0, 0.05) is 0 Å².